The van der Waals surface area contributed by atoms with Gasteiger partial charge in [-0.25, -0.2) is 8.78 Å². The highest BCUT2D eigenvalue weighted by molar-refractivity contribution is 7.10. The third kappa shape index (κ3) is 3.21. The SMILES string of the molecule is Cc1cc(/C(O)=C2/C(=O)C(=O)N(c3cccc(F)c3)C2c2sccc2C)ccc1F. The van der Waals surface area contributed by atoms with E-state index in [1.165, 1.54) is 58.7 Å². The number of aryl methyl sites for hydroxylation is 2. The fourth-order valence-corrected chi connectivity index (χ4v) is 4.61. The maximum atomic E-state index is 13.9. The van der Waals surface area contributed by atoms with E-state index in [4.69, 9.17) is 0 Å². The Labute approximate surface area is 175 Å². The van der Waals surface area contributed by atoms with E-state index in [2.05, 4.69) is 0 Å². The van der Waals surface area contributed by atoms with Crippen molar-refractivity contribution in [3.8, 4) is 0 Å². The third-order valence-electron chi connectivity index (χ3n) is 5.11. The van der Waals surface area contributed by atoms with Crippen molar-refractivity contribution in [2.75, 3.05) is 4.90 Å². The number of thiophene rings is 1. The molecule has 1 N–H and O–H groups in total. The molecule has 1 amide bonds. The molecule has 1 unspecified atom stereocenters. The van der Waals surface area contributed by atoms with Crippen LogP contribution < -0.4 is 4.90 Å². The fraction of sp³-hybridized carbons (Fsp3) is 0.130. The van der Waals surface area contributed by atoms with Crippen LogP contribution in [0, 0.1) is 25.5 Å². The number of carbonyl (C=O) groups excluding carboxylic acids is 2. The number of aliphatic hydroxyl groups is 1. The lowest BCUT2D eigenvalue weighted by Gasteiger charge is -2.25. The average molecular weight is 425 g/mol. The van der Waals surface area contributed by atoms with Gasteiger partial charge in [0.1, 0.15) is 23.4 Å². The van der Waals surface area contributed by atoms with E-state index < -0.39 is 35.1 Å². The van der Waals surface area contributed by atoms with Gasteiger partial charge in [0, 0.05) is 16.1 Å². The zero-order valence-electron chi connectivity index (χ0n) is 16.1. The molecule has 3 aromatic rings. The van der Waals surface area contributed by atoms with Gasteiger partial charge >= 0.3 is 0 Å². The van der Waals surface area contributed by atoms with Gasteiger partial charge in [0.05, 0.1) is 5.57 Å². The summed E-state index contributed by atoms with van der Waals surface area (Å²) in [6.07, 6.45) is 0. The van der Waals surface area contributed by atoms with E-state index in [0.717, 1.165) is 5.56 Å². The number of aliphatic hydroxyl groups excluding tert-OH is 1. The van der Waals surface area contributed by atoms with Crippen LogP contribution in [-0.2, 0) is 9.59 Å². The molecule has 0 aliphatic carbocycles. The number of ketones is 1. The van der Waals surface area contributed by atoms with Crippen molar-refractivity contribution in [2.24, 2.45) is 0 Å². The summed E-state index contributed by atoms with van der Waals surface area (Å²) in [6.45, 7) is 3.37. The van der Waals surface area contributed by atoms with E-state index in [-0.39, 0.29) is 16.8 Å². The van der Waals surface area contributed by atoms with Gasteiger partial charge in [0.15, 0.2) is 0 Å². The molecule has 0 spiro atoms. The van der Waals surface area contributed by atoms with Crippen molar-refractivity contribution >= 4 is 34.5 Å². The summed E-state index contributed by atoms with van der Waals surface area (Å²) in [5, 5.41) is 12.8. The van der Waals surface area contributed by atoms with Crippen molar-refractivity contribution in [1.82, 2.24) is 0 Å². The fourth-order valence-electron chi connectivity index (χ4n) is 3.58. The smallest absolute Gasteiger partial charge is 0.300 e. The second-order valence-electron chi connectivity index (χ2n) is 7.08. The molecule has 1 aromatic heterocycles. The predicted molar refractivity (Wildman–Crippen MR) is 111 cm³/mol. The monoisotopic (exact) mass is 425 g/mol. The largest absolute Gasteiger partial charge is 0.507 e. The summed E-state index contributed by atoms with van der Waals surface area (Å²) >= 11 is 1.33. The topological polar surface area (TPSA) is 57.6 Å². The lowest BCUT2D eigenvalue weighted by Crippen LogP contribution is -2.29. The molecule has 1 fully saturated rings. The molecule has 1 atom stereocenters. The molecule has 2 aromatic carbocycles. The summed E-state index contributed by atoms with van der Waals surface area (Å²) in [7, 11) is 0. The summed E-state index contributed by atoms with van der Waals surface area (Å²) in [5.41, 5.74) is 1.45. The molecule has 2 heterocycles. The second kappa shape index (κ2) is 7.50. The number of amides is 1. The highest BCUT2D eigenvalue weighted by Gasteiger charge is 2.48. The number of Topliss-reactive ketones (excluding diaryl/α,β-unsaturated/α-hetero) is 1. The van der Waals surface area contributed by atoms with Crippen LogP contribution in [0.3, 0.4) is 0 Å². The first kappa shape index (κ1) is 20.0. The molecule has 0 saturated carbocycles. The molecule has 152 valence electrons. The zero-order valence-corrected chi connectivity index (χ0v) is 17.0. The summed E-state index contributed by atoms with van der Waals surface area (Å²) in [5.74, 6) is -3.13. The lowest BCUT2D eigenvalue weighted by molar-refractivity contribution is -0.132. The van der Waals surface area contributed by atoms with Gasteiger partial charge in [-0.3, -0.25) is 14.5 Å². The van der Waals surface area contributed by atoms with E-state index in [1.807, 2.05) is 18.4 Å². The number of carbonyl (C=O) groups is 2. The Morgan fingerprint density at radius 3 is 2.43 bits per heavy atom. The van der Waals surface area contributed by atoms with Crippen molar-refractivity contribution in [3.63, 3.8) is 0 Å². The van der Waals surface area contributed by atoms with Crippen LogP contribution in [0.5, 0.6) is 0 Å². The summed E-state index contributed by atoms with van der Waals surface area (Å²) < 4.78 is 27.6. The predicted octanol–water partition coefficient (Wildman–Crippen LogP) is 5.27. The number of benzene rings is 2. The van der Waals surface area contributed by atoms with Gasteiger partial charge in [0.25, 0.3) is 11.7 Å². The molecule has 1 aliphatic rings. The first-order valence-electron chi connectivity index (χ1n) is 9.16. The van der Waals surface area contributed by atoms with Crippen molar-refractivity contribution in [1.29, 1.82) is 0 Å². The maximum Gasteiger partial charge on any atom is 0.300 e. The Bertz CT molecular complexity index is 1210. The van der Waals surface area contributed by atoms with E-state index in [9.17, 15) is 23.5 Å². The number of anilines is 1. The molecular formula is C23H17F2NO3S. The molecule has 1 saturated heterocycles. The normalized spacial score (nSPS) is 18.3. The minimum atomic E-state index is -0.919. The maximum absolute atomic E-state index is 13.9. The molecule has 4 nitrogen and oxygen atoms in total. The summed E-state index contributed by atoms with van der Waals surface area (Å²) in [4.78, 5) is 27.8. The molecule has 4 rings (SSSR count). The number of nitrogens with zero attached hydrogens (tertiary/aromatic N) is 1. The van der Waals surface area contributed by atoms with Crippen LogP contribution in [0.15, 0.2) is 59.5 Å². The Balaban J connectivity index is 1.97. The van der Waals surface area contributed by atoms with Crippen LogP contribution in [0.4, 0.5) is 14.5 Å². The summed E-state index contributed by atoms with van der Waals surface area (Å²) in [6, 6.07) is 10.3. The quantitative estimate of drug-likeness (QED) is 0.353. The molecule has 0 radical (unpaired) electrons. The van der Waals surface area contributed by atoms with Crippen molar-refractivity contribution < 1.29 is 23.5 Å². The van der Waals surface area contributed by atoms with Gasteiger partial charge in [0.2, 0.25) is 0 Å². The molecular weight excluding hydrogens is 408 g/mol. The Kier molecular flexibility index (Phi) is 4.99. The Hall–Kier alpha value is -3.32. The van der Waals surface area contributed by atoms with Gasteiger partial charge in [-0.15, -0.1) is 11.3 Å². The Morgan fingerprint density at radius 1 is 1.03 bits per heavy atom. The van der Waals surface area contributed by atoms with Crippen LogP contribution in [-0.4, -0.2) is 16.8 Å². The lowest BCUT2D eigenvalue weighted by atomic mass is 9.97. The Morgan fingerprint density at radius 2 is 1.80 bits per heavy atom. The first-order valence-corrected chi connectivity index (χ1v) is 10.0. The number of halogens is 2. The van der Waals surface area contributed by atoms with E-state index in [0.29, 0.717) is 10.4 Å². The van der Waals surface area contributed by atoms with Crippen LogP contribution >= 0.6 is 11.3 Å². The zero-order chi connectivity index (χ0) is 21.6. The molecule has 30 heavy (non-hydrogen) atoms. The number of hydrogen-bond acceptors (Lipinski definition) is 4. The van der Waals surface area contributed by atoms with Crippen LogP contribution in [0.1, 0.15) is 27.6 Å². The minimum absolute atomic E-state index is 0.110. The highest BCUT2D eigenvalue weighted by atomic mass is 32.1. The second-order valence-corrected chi connectivity index (χ2v) is 8.03. The third-order valence-corrected chi connectivity index (χ3v) is 6.18. The minimum Gasteiger partial charge on any atom is -0.507 e. The highest BCUT2D eigenvalue weighted by Crippen LogP contribution is 2.44. The molecule has 1 aliphatic heterocycles. The van der Waals surface area contributed by atoms with E-state index >= 15 is 0 Å². The van der Waals surface area contributed by atoms with Gasteiger partial charge in [-0.05, 0) is 72.8 Å². The van der Waals surface area contributed by atoms with Crippen molar-refractivity contribution in [2.45, 2.75) is 19.9 Å². The molecule has 7 heteroatoms. The van der Waals surface area contributed by atoms with Crippen LogP contribution in [0.2, 0.25) is 0 Å². The van der Waals surface area contributed by atoms with Crippen LogP contribution in [0.25, 0.3) is 5.76 Å². The standard InChI is InChI=1S/C23H17F2NO3S/c1-12-8-9-30-22(12)19-18(20(27)14-6-7-17(25)13(2)10-14)21(28)23(29)26(19)16-5-3-4-15(24)11-16/h3-11,19,27H,1-2H3/b20-18-. The number of rotatable bonds is 3. The van der Waals surface area contributed by atoms with Gasteiger partial charge < -0.3 is 5.11 Å². The van der Waals surface area contributed by atoms with Gasteiger partial charge in [-0.2, -0.15) is 0 Å². The van der Waals surface area contributed by atoms with E-state index in [1.54, 1.807) is 6.92 Å². The average Bonchev–Trinajstić information content (AvgIpc) is 3.24. The molecule has 0 bridgehead atoms. The van der Waals surface area contributed by atoms with Crippen molar-refractivity contribution in [3.05, 3.63) is 92.7 Å². The first-order chi connectivity index (χ1) is 14.3. The van der Waals surface area contributed by atoms with Gasteiger partial charge in [-0.1, -0.05) is 6.07 Å². The number of hydrogen-bond donors (Lipinski definition) is 1.